The van der Waals surface area contributed by atoms with Crippen LogP contribution in [-0.4, -0.2) is 36.4 Å². The molecule has 0 spiro atoms. The SMILES string of the molecule is COc1ccccc1NC(=O)CN1C(=O)N/C(=C/c2c(OCc3ccc(C)cc3)ccc3ccccc23)C1=O. The lowest BCUT2D eigenvalue weighted by Crippen LogP contribution is -2.38. The molecule has 8 nitrogen and oxygen atoms in total. The number of urea groups is 1. The Morgan fingerprint density at radius 1 is 0.923 bits per heavy atom. The highest BCUT2D eigenvalue weighted by molar-refractivity contribution is 6.16. The third-order valence-electron chi connectivity index (χ3n) is 6.38. The van der Waals surface area contributed by atoms with Crippen molar-refractivity contribution >= 4 is 40.4 Å². The molecule has 4 aromatic carbocycles. The Bertz CT molecular complexity index is 1590. The fourth-order valence-corrected chi connectivity index (χ4v) is 4.34. The molecule has 2 N–H and O–H groups in total. The van der Waals surface area contributed by atoms with Crippen molar-refractivity contribution in [3.05, 3.63) is 107 Å². The largest absolute Gasteiger partial charge is 0.495 e. The number of carbonyl (C=O) groups is 3. The maximum atomic E-state index is 13.2. The first-order chi connectivity index (χ1) is 18.9. The molecule has 39 heavy (non-hydrogen) atoms. The molecule has 0 bridgehead atoms. The second-order valence-corrected chi connectivity index (χ2v) is 9.10. The Hall–Kier alpha value is -5.11. The van der Waals surface area contributed by atoms with E-state index in [1.54, 1.807) is 30.3 Å². The standard InChI is InChI=1S/C31H27N3O5/c1-20-11-13-21(14-12-20)19-39-27-16-15-22-7-3-4-8-23(22)24(27)17-26-30(36)34(31(37)33-26)18-29(35)32-25-9-5-6-10-28(25)38-2/h3-17H,18-19H2,1-2H3,(H,32,35)(H,33,37)/b26-17+. The number of hydrogen-bond donors (Lipinski definition) is 2. The molecule has 1 aliphatic heterocycles. The van der Waals surface area contributed by atoms with E-state index in [-0.39, 0.29) is 5.70 Å². The average molecular weight is 522 g/mol. The van der Waals surface area contributed by atoms with E-state index in [1.165, 1.54) is 7.11 Å². The summed E-state index contributed by atoms with van der Waals surface area (Å²) in [4.78, 5) is 39.5. The number of carbonyl (C=O) groups excluding carboxylic acids is 3. The van der Waals surface area contributed by atoms with Crippen molar-refractivity contribution in [2.45, 2.75) is 13.5 Å². The quantitative estimate of drug-likeness (QED) is 0.243. The molecule has 0 aliphatic carbocycles. The van der Waals surface area contributed by atoms with Gasteiger partial charge >= 0.3 is 6.03 Å². The first-order valence-corrected chi connectivity index (χ1v) is 12.4. The molecule has 1 aliphatic rings. The topological polar surface area (TPSA) is 97.0 Å². The summed E-state index contributed by atoms with van der Waals surface area (Å²) in [6, 6.07) is 25.8. The molecule has 0 unspecified atom stereocenters. The van der Waals surface area contributed by atoms with Gasteiger partial charge in [0, 0.05) is 5.56 Å². The minimum Gasteiger partial charge on any atom is -0.495 e. The van der Waals surface area contributed by atoms with Gasteiger partial charge in [0.15, 0.2) is 0 Å². The highest BCUT2D eigenvalue weighted by Gasteiger charge is 2.35. The molecule has 1 heterocycles. The van der Waals surface area contributed by atoms with E-state index in [0.717, 1.165) is 26.8 Å². The van der Waals surface area contributed by atoms with Gasteiger partial charge in [-0.15, -0.1) is 0 Å². The van der Waals surface area contributed by atoms with Gasteiger partial charge in [-0.2, -0.15) is 0 Å². The van der Waals surface area contributed by atoms with Gasteiger partial charge in [-0.1, -0.05) is 72.3 Å². The summed E-state index contributed by atoms with van der Waals surface area (Å²) < 4.78 is 11.4. The zero-order valence-corrected chi connectivity index (χ0v) is 21.6. The summed E-state index contributed by atoms with van der Waals surface area (Å²) in [6.07, 6.45) is 1.60. The van der Waals surface area contributed by atoms with Crippen LogP contribution in [-0.2, 0) is 16.2 Å². The number of para-hydroxylation sites is 2. The number of nitrogens with zero attached hydrogens (tertiary/aromatic N) is 1. The van der Waals surface area contributed by atoms with Crippen molar-refractivity contribution in [3.63, 3.8) is 0 Å². The number of ether oxygens (including phenoxy) is 2. The summed E-state index contributed by atoms with van der Waals surface area (Å²) in [5.41, 5.74) is 3.32. The Morgan fingerprint density at radius 2 is 1.67 bits per heavy atom. The third-order valence-corrected chi connectivity index (χ3v) is 6.38. The van der Waals surface area contributed by atoms with E-state index in [2.05, 4.69) is 10.6 Å². The lowest BCUT2D eigenvalue weighted by atomic mass is 10.0. The molecule has 0 saturated carbocycles. The van der Waals surface area contributed by atoms with Gasteiger partial charge in [0.2, 0.25) is 5.91 Å². The summed E-state index contributed by atoms with van der Waals surface area (Å²) >= 11 is 0. The molecular formula is C31H27N3O5. The average Bonchev–Trinajstić information content (AvgIpc) is 3.21. The van der Waals surface area contributed by atoms with E-state index < -0.39 is 24.4 Å². The van der Waals surface area contributed by atoms with Crippen molar-refractivity contribution in [3.8, 4) is 11.5 Å². The predicted octanol–water partition coefficient (Wildman–Crippen LogP) is 5.27. The van der Waals surface area contributed by atoms with Gasteiger partial charge in [0.25, 0.3) is 5.91 Å². The molecule has 4 amide bonds. The van der Waals surface area contributed by atoms with Gasteiger partial charge in [-0.05, 0) is 47.5 Å². The van der Waals surface area contributed by atoms with Crippen LogP contribution in [0.4, 0.5) is 10.5 Å². The van der Waals surface area contributed by atoms with Crippen molar-refractivity contribution in [1.82, 2.24) is 10.2 Å². The van der Waals surface area contributed by atoms with Gasteiger partial charge in [-0.25, -0.2) is 9.69 Å². The van der Waals surface area contributed by atoms with Gasteiger partial charge in [0.1, 0.15) is 30.3 Å². The number of nitrogens with one attached hydrogen (secondary N) is 2. The maximum absolute atomic E-state index is 13.2. The highest BCUT2D eigenvalue weighted by atomic mass is 16.5. The van der Waals surface area contributed by atoms with E-state index in [9.17, 15) is 14.4 Å². The molecule has 5 rings (SSSR count). The normalized spacial score (nSPS) is 14.0. The van der Waals surface area contributed by atoms with Crippen LogP contribution >= 0.6 is 0 Å². The Morgan fingerprint density at radius 3 is 2.46 bits per heavy atom. The van der Waals surface area contributed by atoms with Crippen LogP contribution in [0.15, 0.2) is 90.6 Å². The van der Waals surface area contributed by atoms with Gasteiger partial charge in [0.05, 0.1) is 12.8 Å². The molecule has 1 fully saturated rings. The van der Waals surface area contributed by atoms with E-state index in [0.29, 0.717) is 29.4 Å². The Labute approximate surface area is 225 Å². The zero-order valence-electron chi connectivity index (χ0n) is 21.6. The van der Waals surface area contributed by atoms with Crippen LogP contribution in [0, 0.1) is 6.92 Å². The maximum Gasteiger partial charge on any atom is 0.329 e. The summed E-state index contributed by atoms with van der Waals surface area (Å²) in [5, 5.41) is 7.11. The van der Waals surface area contributed by atoms with E-state index in [4.69, 9.17) is 9.47 Å². The fourth-order valence-electron chi connectivity index (χ4n) is 4.34. The summed E-state index contributed by atoms with van der Waals surface area (Å²) in [7, 11) is 1.49. The molecular weight excluding hydrogens is 494 g/mol. The summed E-state index contributed by atoms with van der Waals surface area (Å²) in [6.45, 7) is 1.91. The molecule has 196 valence electrons. The smallest absolute Gasteiger partial charge is 0.329 e. The van der Waals surface area contributed by atoms with Crippen LogP contribution in [0.2, 0.25) is 0 Å². The first kappa shape index (κ1) is 25.5. The lowest BCUT2D eigenvalue weighted by molar-refractivity contribution is -0.127. The predicted molar refractivity (Wildman–Crippen MR) is 149 cm³/mol. The van der Waals surface area contributed by atoms with Gasteiger partial charge < -0.3 is 20.1 Å². The van der Waals surface area contributed by atoms with Crippen molar-refractivity contribution in [2.24, 2.45) is 0 Å². The summed E-state index contributed by atoms with van der Waals surface area (Å²) in [5.74, 6) is -0.0990. The van der Waals surface area contributed by atoms with Crippen LogP contribution in [0.5, 0.6) is 11.5 Å². The third kappa shape index (κ3) is 5.60. The van der Waals surface area contributed by atoms with Crippen molar-refractivity contribution in [2.75, 3.05) is 19.0 Å². The number of fused-ring (bicyclic) bond motifs is 1. The van der Waals surface area contributed by atoms with Crippen LogP contribution in [0.3, 0.4) is 0 Å². The van der Waals surface area contributed by atoms with Crippen molar-refractivity contribution < 1.29 is 23.9 Å². The number of rotatable bonds is 8. The number of amides is 4. The molecule has 8 heteroatoms. The zero-order chi connectivity index (χ0) is 27.4. The van der Waals surface area contributed by atoms with Crippen LogP contribution < -0.4 is 20.1 Å². The fraction of sp³-hybridized carbons (Fsp3) is 0.129. The molecule has 0 radical (unpaired) electrons. The molecule has 1 saturated heterocycles. The molecule has 0 aromatic heterocycles. The van der Waals surface area contributed by atoms with Gasteiger partial charge in [-0.3, -0.25) is 9.59 Å². The van der Waals surface area contributed by atoms with E-state index in [1.807, 2.05) is 67.6 Å². The van der Waals surface area contributed by atoms with Crippen molar-refractivity contribution in [1.29, 1.82) is 0 Å². The number of imide groups is 1. The lowest BCUT2D eigenvalue weighted by Gasteiger charge is -2.14. The second kappa shape index (κ2) is 11.1. The molecule has 4 aromatic rings. The minimum absolute atomic E-state index is 0.0571. The Kier molecular flexibility index (Phi) is 7.27. The van der Waals surface area contributed by atoms with Crippen LogP contribution in [0.25, 0.3) is 16.8 Å². The Balaban J connectivity index is 1.39. The molecule has 0 atom stereocenters. The number of anilines is 1. The highest BCUT2D eigenvalue weighted by Crippen LogP contribution is 2.32. The number of aryl methyl sites for hydroxylation is 1. The van der Waals surface area contributed by atoms with Crippen LogP contribution in [0.1, 0.15) is 16.7 Å². The second-order valence-electron chi connectivity index (χ2n) is 9.10. The number of benzene rings is 4. The monoisotopic (exact) mass is 521 g/mol. The number of hydrogen-bond acceptors (Lipinski definition) is 5. The first-order valence-electron chi connectivity index (χ1n) is 12.4. The number of methoxy groups -OCH3 is 1. The minimum atomic E-state index is -0.677. The van der Waals surface area contributed by atoms with E-state index >= 15 is 0 Å².